The molecule has 0 radical (unpaired) electrons. The third-order valence-electron chi connectivity index (χ3n) is 4.58. The Morgan fingerprint density at radius 2 is 2.08 bits per heavy atom. The van der Waals surface area contributed by atoms with E-state index in [9.17, 15) is 4.79 Å². The summed E-state index contributed by atoms with van der Waals surface area (Å²) in [6.07, 6.45) is 3.40. The quantitative estimate of drug-likeness (QED) is 0.485. The van der Waals surface area contributed by atoms with Crippen LogP contribution in [0.4, 0.5) is 5.69 Å². The molecule has 0 saturated carbocycles. The first-order chi connectivity index (χ1) is 12.5. The number of carbonyl (C=O) groups is 1. The molecular formula is C19H30BrN5O. The molecule has 1 aromatic carbocycles. The highest BCUT2D eigenvalue weighted by atomic mass is 79.9. The number of nitrogens with zero attached hydrogens (tertiary/aromatic N) is 2. The van der Waals surface area contributed by atoms with Gasteiger partial charge in [-0.2, -0.15) is 0 Å². The molecule has 0 aliphatic carbocycles. The topological polar surface area (TPSA) is 68.8 Å². The minimum absolute atomic E-state index is 0.0908. The smallest absolute Gasteiger partial charge is 0.243 e. The fourth-order valence-corrected chi connectivity index (χ4v) is 3.45. The number of aryl methyl sites for hydroxylation is 1. The summed E-state index contributed by atoms with van der Waals surface area (Å²) >= 11 is 3.43. The molecule has 1 heterocycles. The fraction of sp³-hybridized carbons (Fsp3) is 0.579. The van der Waals surface area contributed by atoms with Crippen LogP contribution in [0.3, 0.4) is 0 Å². The van der Waals surface area contributed by atoms with E-state index in [4.69, 9.17) is 0 Å². The van der Waals surface area contributed by atoms with E-state index in [1.165, 1.54) is 13.0 Å². The standard InChI is InChI=1S/C19H30BrN5O/c1-4-9-25-10-7-16(8-11-25)23-19(21-3)22-13-18(26)24-17-12-15(20)6-5-14(17)2/h5-6,12,16H,4,7-11,13H2,1-3H3,(H,24,26)(H2,21,22,23). The average Bonchev–Trinajstić information content (AvgIpc) is 2.63. The fourth-order valence-electron chi connectivity index (χ4n) is 3.09. The van der Waals surface area contributed by atoms with Crippen LogP contribution in [0.5, 0.6) is 0 Å². The number of hydrogen-bond acceptors (Lipinski definition) is 3. The molecule has 0 unspecified atom stereocenters. The van der Waals surface area contributed by atoms with E-state index in [0.29, 0.717) is 12.0 Å². The Kier molecular flexibility index (Phi) is 8.38. The molecule has 144 valence electrons. The van der Waals surface area contributed by atoms with E-state index >= 15 is 0 Å². The van der Waals surface area contributed by atoms with Crippen LogP contribution in [-0.4, -0.2) is 56.0 Å². The van der Waals surface area contributed by atoms with E-state index in [0.717, 1.165) is 41.7 Å². The zero-order valence-corrected chi connectivity index (χ0v) is 17.5. The molecule has 0 aromatic heterocycles. The van der Waals surface area contributed by atoms with Crippen molar-refractivity contribution in [2.75, 3.05) is 38.5 Å². The van der Waals surface area contributed by atoms with Crippen LogP contribution in [0.2, 0.25) is 0 Å². The van der Waals surface area contributed by atoms with Crippen molar-refractivity contribution in [2.45, 2.75) is 39.2 Å². The lowest BCUT2D eigenvalue weighted by Gasteiger charge is -2.32. The number of likely N-dealkylation sites (tertiary alicyclic amines) is 1. The van der Waals surface area contributed by atoms with Crippen LogP contribution in [0.25, 0.3) is 0 Å². The molecule has 0 bridgehead atoms. The first-order valence-electron chi connectivity index (χ1n) is 9.27. The summed E-state index contributed by atoms with van der Waals surface area (Å²) in [6.45, 7) is 7.78. The Morgan fingerprint density at radius 1 is 1.35 bits per heavy atom. The molecule has 1 fully saturated rings. The van der Waals surface area contributed by atoms with Gasteiger partial charge in [0.25, 0.3) is 0 Å². The zero-order chi connectivity index (χ0) is 18.9. The summed E-state index contributed by atoms with van der Waals surface area (Å²) in [6, 6.07) is 6.24. The second kappa shape index (κ2) is 10.5. The Labute approximate surface area is 165 Å². The van der Waals surface area contributed by atoms with Gasteiger partial charge in [-0.1, -0.05) is 28.9 Å². The van der Waals surface area contributed by atoms with Gasteiger partial charge in [0.15, 0.2) is 5.96 Å². The first-order valence-corrected chi connectivity index (χ1v) is 10.1. The number of carbonyl (C=O) groups excluding carboxylic acids is 1. The summed E-state index contributed by atoms with van der Waals surface area (Å²) in [7, 11) is 1.73. The van der Waals surface area contributed by atoms with Crippen molar-refractivity contribution < 1.29 is 4.79 Å². The largest absolute Gasteiger partial charge is 0.354 e. The summed E-state index contributed by atoms with van der Waals surface area (Å²) < 4.78 is 0.943. The van der Waals surface area contributed by atoms with Crippen molar-refractivity contribution in [3.8, 4) is 0 Å². The number of aliphatic imine (C=N–C) groups is 1. The molecule has 0 atom stereocenters. The predicted molar refractivity (Wildman–Crippen MR) is 112 cm³/mol. The monoisotopic (exact) mass is 423 g/mol. The number of rotatable bonds is 6. The highest BCUT2D eigenvalue weighted by Gasteiger charge is 2.19. The van der Waals surface area contributed by atoms with Crippen molar-refractivity contribution in [2.24, 2.45) is 4.99 Å². The molecule has 6 nitrogen and oxygen atoms in total. The van der Waals surface area contributed by atoms with Crippen LogP contribution in [0.15, 0.2) is 27.7 Å². The van der Waals surface area contributed by atoms with Crippen LogP contribution in [0, 0.1) is 6.92 Å². The second-order valence-electron chi connectivity index (χ2n) is 6.69. The van der Waals surface area contributed by atoms with Crippen LogP contribution in [0.1, 0.15) is 31.7 Å². The van der Waals surface area contributed by atoms with Gasteiger partial charge in [0, 0.05) is 36.3 Å². The van der Waals surface area contributed by atoms with Crippen LogP contribution >= 0.6 is 15.9 Å². The molecule has 26 heavy (non-hydrogen) atoms. The van der Waals surface area contributed by atoms with Gasteiger partial charge in [-0.15, -0.1) is 0 Å². The van der Waals surface area contributed by atoms with Crippen LogP contribution < -0.4 is 16.0 Å². The molecule has 0 spiro atoms. The van der Waals surface area contributed by atoms with Gasteiger partial charge in [0.2, 0.25) is 5.91 Å². The number of guanidine groups is 1. The Bertz CT molecular complexity index is 626. The van der Waals surface area contributed by atoms with Crippen molar-refractivity contribution in [1.29, 1.82) is 0 Å². The van der Waals surface area contributed by atoms with Crippen molar-refractivity contribution >= 4 is 33.5 Å². The minimum Gasteiger partial charge on any atom is -0.354 e. The first kappa shape index (κ1) is 20.7. The number of benzene rings is 1. The van der Waals surface area contributed by atoms with E-state index < -0.39 is 0 Å². The number of nitrogens with one attached hydrogen (secondary N) is 3. The van der Waals surface area contributed by atoms with Gasteiger partial charge in [-0.25, -0.2) is 0 Å². The van der Waals surface area contributed by atoms with Crippen molar-refractivity contribution in [1.82, 2.24) is 15.5 Å². The third kappa shape index (κ3) is 6.61. The lowest BCUT2D eigenvalue weighted by Crippen LogP contribution is -2.49. The van der Waals surface area contributed by atoms with Gasteiger partial charge in [0.05, 0.1) is 6.54 Å². The van der Waals surface area contributed by atoms with Gasteiger partial charge >= 0.3 is 0 Å². The predicted octanol–water partition coefficient (Wildman–Crippen LogP) is 2.74. The second-order valence-corrected chi connectivity index (χ2v) is 7.61. The maximum absolute atomic E-state index is 12.2. The summed E-state index contributed by atoms with van der Waals surface area (Å²) in [5.74, 6) is 0.590. The van der Waals surface area contributed by atoms with Gasteiger partial charge < -0.3 is 20.9 Å². The minimum atomic E-state index is -0.0908. The maximum Gasteiger partial charge on any atom is 0.243 e. The highest BCUT2D eigenvalue weighted by Crippen LogP contribution is 2.20. The lowest BCUT2D eigenvalue weighted by atomic mass is 10.1. The van der Waals surface area contributed by atoms with Gasteiger partial charge in [-0.3, -0.25) is 9.79 Å². The zero-order valence-electron chi connectivity index (χ0n) is 15.9. The molecule has 1 amide bonds. The Hall–Kier alpha value is -1.60. The van der Waals surface area contributed by atoms with Crippen LogP contribution in [-0.2, 0) is 4.79 Å². The average molecular weight is 424 g/mol. The van der Waals surface area contributed by atoms with Crippen molar-refractivity contribution in [3.05, 3.63) is 28.2 Å². The van der Waals surface area contributed by atoms with E-state index in [1.54, 1.807) is 7.05 Å². The maximum atomic E-state index is 12.2. The molecule has 2 rings (SSSR count). The Morgan fingerprint density at radius 3 is 2.73 bits per heavy atom. The molecule has 1 aromatic rings. The molecule has 1 aliphatic rings. The van der Waals surface area contributed by atoms with Gasteiger partial charge in [-0.05, 0) is 50.4 Å². The third-order valence-corrected chi connectivity index (χ3v) is 5.08. The number of anilines is 1. The lowest BCUT2D eigenvalue weighted by molar-refractivity contribution is -0.115. The normalized spacial score (nSPS) is 16.4. The van der Waals surface area contributed by atoms with E-state index in [1.807, 2.05) is 25.1 Å². The van der Waals surface area contributed by atoms with Crippen molar-refractivity contribution in [3.63, 3.8) is 0 Å². The van der Waals surface area contributed by atoms with E-state index in [-0.39, 0.29) is 12.5 Å². The summed E-state index contributed by atoms with van der Waals surface area (Å²) in [5.41, 5.74) is 1.85. The number of halogens is 1. The number of amides is 1. The number of hydrogen-bond donors (Lipinski definition) is 3. The Balaban J connectivity index is 1.76. The molecule has 1 saturated heterocycles. The molecule has 7 heteroatoms. The summed E-state index contributed by atoms with van der Waals surface area (Å²) in [5, 5.41) is 9.47. The SMILES string of the molecule is CCCN1CCC(NC(=NC)NCC(=O)Nc2cc(Br)ccc2C)CC1. The highest BCUT2D eigenvalue weighted by molar-refractivity contribution is 9.10. The van der Waals surface area contributed by atoms with Gasteiger partial charge in [0.1, 0.15) is 0 Å². The number of piperidine rings is 1. The molecular weight excluding hydrogens is 394 g/mol. The summed E-state index contributed by atoms with van der Waals surface area (Å²) in [4.78, 5) is 19.0. The van der Waals surface area contributed by atoms with E-state index in [2.05, 4.69) is 48.7 Å². The molecule has 1 aliphatic heterocycles. The molecule has 3 N–H and O–H groups in total.